The number of carbonyl (C=O) groups excluding carboxylic acids is 1. The van der Waals surface area contributed by atoms with Crippen molar-refractivity contribution in [1.29, 1.82) is 0 Å². The van der Waals surface area contributed by atoms with Gasteiger partial charge in [0.25, 0.3) is 5.91 Å². The van der Waals surface area contributed by atoms with Crippen LogP contribution in [0, 0.1) is 6.92 Å². The number of anilines is 1. The Kier molecular flexibility index (Phi) is 5.76. The van der Waals surface area contributed by atoms with E-state index in [4.69, 9.17) is 9.15 Å². The van der Waals surface area contributed by atoms with Crippen LogP contribution in [0.2, 0.25) is 0 Å². The lowest BCUT2D eigenvalue weighted by molar-refractivity contribution is 0.0998. The number of aromatic nitrogens is 1. The minimum absolute atomic E-state index is 0.201. The molecule has 4 rings (SSSR count). The van der Waals surface area contributed by atoms with Gasteiger partial charge in [-0.05, 0) is 37.3 Å². The van der Waals surface area contributed by atoms with Crippen LogP contribution in [0.15, 0.2) is 57.2 Å². The normalized spacial score (nSPS) is 11.8. The van der Waals surface area contributed by atoms with Gasteiger partial charge in [0.1, 0.15) is 11.3 Å². The van der Waals surface area contributed by atoms with E-state index in [0.29, 0.717) is 27.7 Å². The lowest BCUT2D eigenvalue weighted by Crippen LogP contribution is -2.22. The zero-order valence-corrected chi connectivity index (χ0v) is 19.5. The highest BCUT2D eigenvalue weighted by atomic mass is 32.2. The van der Waals surface area contributed by atoms with E-state index in [1.54, 1.807) is 36.8 Å². The number of carbonyl (C=O) groups is 1. The lowest BCUT2D eigenvalue weighted by atomic mass is 10.1. The average Bonchev–Trinajstić information content (AvgIpc) is 3.38. The molecule has 10 heteroatoms. The Balaban J connectivity index is 1.54. The summed E-state index contributed by atoms with van der Waals surface area (Å²) in [5.41, 5.74) is 2.68. The van der Waals surface area contributed by atoms with Crippen LogP contribution in [0.1, 0.15) is 16.1 Å². The predicted molar refractivity (Wildman–Crippen MR) is 124 cm³/mol. The molecule has 1 N–H and O–H groups in total. The minimum atomic E-state index is -3.50. The largest absolute Gasteiger partial charge is 0.497 e. The van der Waals surface area contributed by atoms with Gasteiger partial charge in [0.2, 0.25) is 10.0 Å². The molecule has 0 spiro atoms. The molecular weight excluding hydrogens is 450 g/mol. The van der Waals surface area contributed by atoms with Crippen molar-refractivity contribution in [3.63, 3.8) is 0 Å². The number of ether oxygens (including phenoxy) is 1. The molecule has 2 heterocycles. The molecule has 1 amide bonds. The molecule has 0 aliphatic heterocycles. The Morgan fingerprint density at radius 2 is 1.88 bits per heavy atom. The number of hydrogen-bond donors (Lipinski definition) is 1. The van der Waals surface area contributed by atoms with Crippen LogP contribution in [0.3, 0.4) is 0 Å². The van der Waals surface area contributed by atoms with E-state index >= 15 is 0 Å². The van der Waals surface area contributed by atoms with Crippen molar-refractivity contribution in [1.82, 2.24) is 9.29 Å². The number of thiazole rings is 1. The predicted octanol–water partition coefficient (Wildman–Crippen LogP) is 4.38. The Morgan fingerprint density at radius 1 is 1.16 bits per heavy atom. The molecule has 0 aliphatic rings. The summed E-state index contributed by atoms with van der Waals surface area (Å²) in [7, 11) is 1.06. The van der Waals surface area contributed by atoms with Crippen LogP contribution in [0.5, 0.6) is 5.75 Å². The second-order valence-corrected chi connectivity index (χ2v) is 10.2. The molecule has 2 aromatic heterocycles. The standard InChI is InChI=1S/C22H21N3O5S2/c1-13-17-11-15(29-4)7-10-19(17)30-20(13)21(26)24-22-23-18(12-31-22)14-5-8-16(9-6-14)32(27,28)25(2)3/h5-12H,1-4H3,(H,23,24,26). The molecule has 8 nitrogen and oxygen atoms in total. The van der Waals surface area contributed by atoms with E-state index in [1.165, 1.54) is 37.6 Å². The Bertz CT molecular complexity index is 1400. The molecule has 0 saturated carbocycles. The Labute approximate surface area is 189 Å². The molecule has 166 valence electrons. The first-order valence-corrected chi connectivity index (χ1v) is 11.9. The first kappa shape index (κ1) is 22.0. The van der Waals surface area contributed by atoms with E-state index in [1.807, 2.05) is 13.0 Å². The van der Waals surface area contributed by atoms with Gasteiger partial charge in [-0.15, -0.1) is 11.3 Å². The minimum Gasteiger partial charge on any atom is -0.497 e. The van der Waals surface area contributed by atoms with Crippen molar-refractivity contribution >= 4 is 43.4 Å². The number of furan rings is 1. The summed E-state index contributed by atoms with van der Waals surface area (Å²) >= 11 is 1.27. The second-order valence-electron chi connectivity index (χ2n) is 7.22. The van der Waals surface area contributed by atoms with Crippen LogP contribution < -0.4 is 10.1 Å². The van der Waals surface area contributed by atoms with E-state index in [2.05, 4.69) is 10.3 Å². The third-order valence-corrected chi connectivity index (χ3v) is 7.59. The fourth-order valence-electron chi connectivity index (χ4n) is 3.17. The van der Waals surface area contributed by atoms with Gasteiger partial charge in [-0.2, -0.15) is 0 Å². The number of sulfonamides is 1. The maximum atomic E-state index is 12.8. The summed E-state index contributed by atoms with van der Waals surface area (Å²) in [5.74, 6) is 0.497. The molecular formula is C22H21N3O5S2. The molecule has 32 heavy (non-hydrogen) atoms. The fraction of sp³-hybridized carbons (Fsp3) is 0.182. The summed E-state index contributed by atoms with van der Waals surface area (Å²) < 4.78 is 36.6. The Morgan fingerprint density at radius 3 is 2.53 bits per heavy atom. The smallest absolute Gasteiger partial charge is 0.293 e. The molecule has 0 atom stereocenters. The number of hydrogen-bond acceptors (Lipinski definition) is 7. The summed E-state index contributed by atoms with van der Waals surface area (Å²) in [6.07, 6.45) is 0. The van der Waals surface area contributed by atoms with Crippen molar-refractivity contribution in [2.75, 3.05) is 26.5 Å². The number of methoxy groups -OCH3 is 1. The third kappa shape index (κ3) is 3.99. The lowest BCUT2D eigenvalue weighted by Gasteiger charge is -2.11. The van der Waals surface area contributed by atoms with Crippen molar-refractivity contribution in [3.8, 4) is 17.0 Å². The molecule has 0 bridgehead atoms. The summed E-state index contributed by atoms with van der Waals surface area (Å²) in [4.78, 5) is 17.4. The van der Waals surface area contributed by atoms with Crippen molar-refractivity contribution in [2.45, 2.75) is 11.8 Å². The van der Waals surface area contributed by atoms with E-state index < -0.39 is 15.9 Å². The highest BCUT2D eigenvalue weighted by molar-refractivity contribution is 7.89. The number of aryl methyl sites for hydroxylation is 1. The highest BCUT2D eigenvalue weighted by Crippen LogP contribution is 2.30. The van der Waals surface area contributed by atoms with Gasteiger partial charge >= 0.3 is 0 Å². The zero-order chi connectivity index (χ0) is 23.0. The van der Waals surface area contributed by atoms with Gasteiger partial charge in [-0.3, -0.25) is 10.1 Å². The maximum absolute atomic E-state index is 12.8. The summed E-state index contributed by atoms with van der Waals surface area (Å²) in [5, 5.41) is 5.78. The third-order valence-electron chi connectivity index (χ3n) is 5.00. The monoisotopic (exact) mass is 471 g/mol. The molecule has 0 fully saturated rings. The Hall–Kier alpha value is -3.21. The van der Waals surface area contributed by atoms with Crippen LogP contribution in [0.25, 0.3) is 22.2 Å². The van der Waals surface area contributed by atoms with Crippen molar-refractivity contribution in [2.24, 2.45) is 0 Å². The van der Waals surface area contributed by atoms with Gasteiger partial charge in [-0.25, -0.2) is 17.7 Å². The van der Waals surface area contributed by atoms with E-state index in [-0.39, 0.29) is 10.7 Å². The van der Waals surface area contributed by atoms with Gasteiger partial charge in [0.05, 0.1) is 17.7 Å². The van der Waals surface area contributed by atoms with Crippen molar-refractivity contribution in [3.05, 3.63) is 59.2 Å². The van der Waals surface area contributed by atoms with Gasteiger partial charge in [-0.1, -0.05) is 12.1 Å². The van der Waals surface area contributed by atoms with Gasteiger partial charge in [0, 0.05) is 36.0 Å². The molecule has 2 aromatic carbocycles. The molecule has 0 aliphatic carbocycles. The molecule has 0 saturated heterocycles. The van der Waals surface area contributed by atoms with Crippen LogP contribution in [-0.2, 0) is 10.0 Å². The number of amides is 1. The van der Waals surface area contributed by atoms with E-state index in [0.717, 1.165) is 15.3 Å². The number of fused-ring (bicyclic) bond motifs is 1. The van der Waals surface area contributed by atoms with Crippen molar-refractivity contribution < 1.29 is 22.4 Å². The topological polar surface area (TPSA) is 102 Å². The molecule has 4 aromatic rings. The molecule has 0 radical (unpaired) electrons. The van der Waals surface area contributed by atoms with Crippen LogP contribution in [-0.4, -0.2) is 44.8 Å². The van der Waals surface area contributed by atoms with Crippen LogP contribution in [0.4, 0.5) is 5.13 Å². The summed E-state index contributed by atoms with van der Waals surface area (Å²) in [6, 6.07) is 11.8. The van der Waals surface area contributed by atoms with E-state index in [9.17, 15) is 13.2 Å². The highest BCUT2D eigenvalue weighted by Gasteiger charge is 2.20. The van der Waals surface area contributed by atoms with Gasteiger partial charge in [0.15, 0.2) is 10.9 Å². The van der Waals surface area contributed by atoms with Crippen LogP contribution >= 0.6 is 11.3 Å². The van der Waals surface area contributed by atoms with Gasteiger partial charge < -0.3 is 9.15 Å². The average molecular weight is 472 g/mol. The second kappa shape index (κ2) is 8.38. The number of rotatable bonds is 6. The maximum Gasteiger partial charge on any atom is 0.293 e. The number of benzene rings is 2. The number of nitrogens with one attached hydrogen (secondary N) is 1. The molecule has 0 unspecified atom stereocenters. The zero-order valence-electron chi connectivity index (χ0n) is 17.9. The number of nitrogens with zero attached hydrogens (tertiary/aromatic N) is 2. The SMILES string of the molecule is COc1ccc2oc(C(=O)Nc3nc(-c4ccc(S(=O)(=O)N(C)C)cc4)cs3)c(C)c2c1. The first-order chi connectivity index (χ1) is 15.2. The summed E-state index contributed by atoms with van der Waals surface area (Å²) in [6.45, 7) is 1.82. The quantitative estimate of drug-likeness (QED) is 0.448. The first-order valence-electron chi connectivity index (χ1n) is 9.57. The fourth-order valence-corrected chi connectivity index (χ4v) is 4.79.